The van der Waals surface area contributed by atoms with Crippen LogP contribution in [-0.4, -0.2) is 15.9 Å². The van der Waals surface area contributed by atoms with E-state index in [1.807, 2.05) is 66.7 Å². The lowest BCUT2D eigenvalue weighted by Crippen LogP contribution is -2.20. The van der Waals surface area contributed by atoms with Crippen LogP contribution in [0.5, 0.6) is 5.75 Å². The van der Waals surface area contributed by atoms with Crippen molar-refractivity contribution in [3.05, 3.63) is 129 Å². The molecular formula is C30H19Cl2N3O3. The van der Waals surface area contributed by atoms with E-state index in [4.69, 9.17) is 37.3 Å². The highest BCUT2D eigenvalue weighted by Crippen LogP contribution is 2.27. The molecule has 2 heterocycles. The van der Waals surface area contributed by atoms with Gasteiger partial charge in [0.1, 0.15) is 17.9 Å². The van der Waals surface area contributed by atoms with Gasteiger partial charge in [0.2, 0.25) is 5.82 Å². The lowest BCUT2D eigenvalue weighted by atomic mass is 10.2. The number of nitrogens with zero attached hydrogens (tertiary/aromatic N) is 3. The minimum absolute atomic E-state index is 0.290. The van der Waals surface area contributed by atoms with Gasteiger partial charge in [-0.15, -0.1) is 0 Å². The van der Waals surface area contributed by atoms with E-state index in [1.54, 1.807) is 36.5 Å². The SMILES string of the molecule is O=c1c2ccccc2nc(-c2cc3ccccc3o2)n1N=Cc1ccc(OCc2ccc(Cl)cc2Cl)cc1. The first-order valence-corrected chi connectivity index (χ1v) is 12.5. The molecule has 0 radical (unpaired) electrons. The summed E-state index contributed by atoms with van der Waals surface area (Å²) in [6, 6.07) is 29.3. The standard InChI is InChI=1S/C30H19Cl2N3O3/c31-22-12-11-21(25(32)16-22)18-37-23-13-9-19(10-14-23)17-33-35-29(28-15-20-5-1-4-8-27(20)38-28)34-26-7-3-2-6-24(26)30(35)36/h1-17H,18H2. The Morgan fingerprint density at radius 1 is 0.921 bits per heavy atom. The number of rotatable bonds is 6. The average Bonchev–Trinajstić information content (AvgIpc) is 3.37. The van der Waals surface area contributed by atoms with Gasteiger partial charge >= 0.3 is 0 Å². The third kappa shape index (κ3) is 4.79. The molecule has 38 heavy (non-hydrogen) atoms. The zero-order chi connectivity index (χ0) is 26.1. The van der Waals surface area contributed by atoms with E-state index in [0.717, 1.165) is 16.5 Å². The number of hydrogen-bond acceptors (Lipinski definition) is 5. The largest absolute Gasteiger partial charge is 0.489 e. The van der Waals surface area contributed by atoms with Crippen LogP contribution in [0.1, 0.15) is 11.1 Å². The van der Waals surface area contributed by atoms with E-state index in [-0.39, 0.29) is 5.56 Å². The first-order chi connectivity index (χ1) is 18.5. The monoisotopic (exact) mass is 539 g/mol. The summed E-state index contributed by atoms with van der Waals surface area (Å²) in [5.41, 5.74) is 2.60. The molecule has 0 aliphatic carbocycles. The van der Waals surface area contributed by atoms with Gasteiger partial charge in [0, 0.05) is 21.0 Å². The Bertz CT molecular complexity index is 1840. The highest BCUT2D eigenvalue weighted by molar-refractivity contribution is 6.35. The molecule has 0 aliphatic heterocycles. The predicted molar refractivity (Wildman–Crippen MR) is 151 cm³/mol. The summed E-state index contributed by atoms with van der Waals surface area (Å²) in [5, 5.41) is 7.01. The minimum atomic E-state index is -0.290. The van der Waals surface area contributed by atoms with Crippen molar-refractivity contribution in [3.8, 4) is 17.3 Å². The van der Waals surface area contributed by atoms with Gasteiger partial charge in [-0.2, -0.15) is 9.78 Å². The van der Waals surface area contributed by atoms with E-state index >= 15 is 0 Å². The summed E-state index contributed by atoms with van der Waals surface area (Å²) in [4.78, 5) is 18.1. The number of furan rings is 1. The number of fused-ring (bicyclic) bond motifs is 2. The molecule has 0 saturated heterocycles. The van der Waals surface area contributed by atoms with Gasteiger partial charge < -0.3 is 9.15 Å². The third-order valence-corrected chi connectivity index (χ3v) is 6.60. The number of para-hydroxylation sites is 2. The van der Waals surface area contributed by atoms with E-state index < -0.39 is 0 Å². The van der Waals surface area contributed by atoms with Crippen LogP contribution in [0.2, 0.25) is 10.0 Å². The van der Waals surface area contributed by atoms with Crippen LogP contribution < -0.4 is 10.3 Å². The van der Waals surface area contributed by atoms with E-state index in [0.29, 0.717) is 50.5 Å². The average molecular weight is 540 g/mol. The highest BCUT2D eigenvalue weighted by atomic mass is 35.5. The molecule has 6 aromatic rings. The number of benzene rings is 4. The molecule has 6 nitrogen and oxygen atoms in total. The summed E-state index contributed by atoms with van der Waals surface area (Å²) in [6.45, 7) is 0.308. The Labute approximate surface area is 227 Å². The Morgan fingerprint density at radius 3 is 2.53 bits per heavy atom. The third-order valence-electron chi connectivity index (χ3n) is 6.01. The topological polar surface area (TPSA) is 69.6 Å². The summed E-state index contributed by atoms with van der Waals surface area (Å²) in [5.74, 6) is 1.44. The number of aromatic nitrogens is 2. The van der Waals surface area contributed by atoms with E-state index in [9.17, 15) is 4.79 Å². The van der Waals surface area contributed by atoms with Gasteiger partial charge in [-0.25, -0.2) is 4.98 Å². The van der Waals surface area contributed by atoms with Crippen molar-refractivity contribution in [3.63, 3.8) is 0 Å². The predicted octanol–water partition coefficient (Wildman–Crippen LogP) is 7.58. The number of halogens is 2. The van der Waals surface area contributed by atoms with Crippen molar-refractivity contribution < 1.29 is 9.15 Å². The van der Waals surface area contributed by atoms with Crippen LogP contribution in [0.4, 0.5) is 0 Å². The van der Waals surface area contributed by atoms with Crippen LogP contribution in [-0.2, 0) is 6.61 Å². The fraction of sp³-hybridized carbons (Fsp3) is 0.0333. The fourth-order valence-corrected chi connectivity index (χ4v) is 4.52. The van der Waals surface area contributed by atoms with E-state index in [2.05, 4.69) is 5.10 Å². The second-order valence-electron chi connectivity index (χ2n) is 8.56. The van der Waals surface area contributed by atoms with Crippen LogP contribution >= 0.6 is 23.2 Å². The molecule has 0 saturated carbocycles. The molecule has 0 N–H and O–H groups in total. The molecule has 2 aromatic heterocycles. The summed E-state index contributed by atoms with van der Waals surface area (Å²) in [6.07, 6.45) is 1.60. The van der Waals surface area contributed by atoms with Gasteiger partial charge in [0.25, 0.3) is 5.56 Å². The maximum absolute atomic E-state index is 13.4. The number of ether oxygens (including phenoxy) is 1. The highest BCUT2D eigenvalue weighted by Gasteiger charge is 2.16. The molecule has 8 heteroatoms. The Kier molecular flexibility index (Phi) is 6.42. The van der Waals surface area contributed by atoms with Crippen molar-refractivity contribution in [1.82, 2.24) is 9.66 Å². The van der Waals surface area contributed by atoms with Crippen molar-refractivity contribution in [2.24, 2.45) is 5.10 Å². The fourth-order valence-electron chi connectivity index (χ4n) is 4.06. The van der Waals surface area contributed by atoms with Gasteiger partial charge in [-0.05, 0) is 66.2 Å². The molecule has 0 aliphatic rings. The van der Waals surface area contributed by atoms with Crippen LogP contribution in [0.25, 0.3) is 33.5 Å². The van der Waals surface area contributed by atoms with Crippen LogP contribution in [0.3, 0.4) is 0 Å². The maximum atomic E-state index is 13.4. The smallest absolute Gasteiger partial charge is 0.282 e. The van der Waals surface area contributed by atoms with E-state index in [1.165, 1.54) is 4.68 Å². The van der Waals surface area contributed by atoms with Gasteiger partial charge in [0.05, 0.1) is 17.1 Å². The second-order valence-corrected chi connectivity index (χ2v) is 9.40. The zero-order valence-corrected chi connectivity index (χ0v) is 21.4. The molecule has 0 fully saturated rings. The Balaban J connectivity index is 1.31. The Hall–Kier alpha value is -4.39. The quantitative estimate of drug-likeness (QED) is 0.204. The van der Waals surface area contributed by atoms with Crippen molar-refractivity contribution >= 4 is 51.3 Å². The molecule has 186 valence electrons. The zero-order valence-electron chi connectivity index (χ0n) is 19.8. The summed E-state index contributed by atoms with van der Waals surface area (Å²) >= 11 is 12.2. The summed E-state index contributed by atoms with van der Waals surface area (Å²) < 4.78 is 13.1. The molecule has 4 aromatic carbocycles. The molecule has 0 spiro atoms. The maximum Gasteiger partial charge on any atom is 0.282 e. The number of hydrogen-bond donors (Lipinski definition) is 0. The normalized spacial score (nSPS) is 11.5. The van der Waals surface area contributed by atoms with Gasteiger partial charge in [-0.3, -0.25) is 4.79 Å². The van der Waals surface area contributed by atoms with Gasteiger partial charge in [0.15, 0.2) is 5.76 Å². The first-order valence-electron chi connectivity index (χ1n) is 11.8. The molecule has 0 bridgehead atoms. The molecule has 6 rings (SSSR count). The van der Waals surface area contributed by atoms with Crippen LogP contribution in [0, 0.1) is 0 Å². The van der Waals surface area contributed by atoms with Gasteiger partial charge in [-0.1, -0.05) is 59.6 Å². The molecule has 0 atom stereocenters. The van der Waals surface area contributed by atoms with Crippen LogP contribution in [0.15, 0.2) is 111 Å². The van der Waals surface area contributed by atoms with Crippen molar-refractivity contribution in [2.75, 3.05) is 0 Å². The lowest BCUT2D eigenvalue weighted by Gasteiger charge is -2.09. The second kappa shape index (κ2) is 10.2. The molecule has 0 amide bonds. The Morgan fingerprint density at radius 2 is 1.71 bits per heavy atom. The molecule has 0 unspecified atom stereocenters. The molecular weight excluding hydrogens is 521 g/mol. The van der Waals surface area contributed by atoms with Crippen molar-refractivity contribution in [2.45, 2.75) is 6.61 Å². The minimum Gasteiger partial charge on any atom is -0.489 e. The summed E-state index contributed by atoms with van der Waals surface area (Å²) in [7, 11) is 0. The lowest BCUT2D eigenvalue weighted by molar-refractivity contribution is 0.306. The van der Waals surface area contributed by atoms with Crippen molar-refractivity contribution in [1.29, 1.82) is 0 Å². The first kappa shape index (κ1) is 24.0.